The molecule has 0 aliphatic rings. The molecule has 0 saturated carbocycles. The minimum atomic E-state index is -0.784. The molecule has 0 saturated heterocycles. The summed E-state index contributed by atoms with van der Waals surface area (Å²) in [4.78, 5) is 24.4. The van der Waals surface area contributed by atoms with E-state index in [2.05, 4.69) is 123 Å². The number of aliphatic hydroxyl groups is 1. The van der Waals surface area contributed by atoms with Crippen LogP contribution in [0.5, 0.6) is 0 Å². The first-order valence-electron chi connectivity index (χ1n) is 26.4. The second-order valence-corrected chi connectivity index (χ2v) is 17.2. The lowest BCUT2D eigenvalue weighted by atomic mass is 10.0. The Morgan fingerprint density at radius 3 is 1.02 bits per heavy atom. The van der Waals surface area contributed by atoms with E-state index in [9.17, 15) is 14.7 Å². The van der Waals surface area contributed by atoms with E-state index < -0.39 is 6.10 Å². The summed E-state index contributed by atoms with van der Waals surface area (Å²) in [5.41, 5.74) is 0. The SMILES string of the molecule is CC/C=C\C/C=C\C/C=C\C/C=C\C/C=C\C/C=C\C/C=C\CCCCCCCCCCCCCCCC(=O)OC(CO)COC(=O)CCCCCCC/C=C\C/C=C\CCCCC. The number of carbonyl (C=O) groups excluding carboxylic acids is 2. The number of hydrogen-bond donors (Lipinski definition) is 1. The molecule has 5 heteroatoms. The fraction of sp³-hybridized carbons (Fsp3) is 0.661. The molecule has 364 valence electrons. The number of ether oxygens (including phenoxy) is 2. The molecule has 0 bridgehead atoms. The van der Waals surface area contributed by atoms with Crippen molar-refractivity contribution in [2.24, 2.45) is 0 Å². The van der Waals surface area contributed by atoms with Crippen LogP contribution in [0, 0.1) is 0 Å². The standard InChI is InChI=1S/C59H98O5/c1-3-5-7-9-11-13-15-17-19-20-21-22-23-24-25-26-27-28-29-30-31-32-33-34-35-36-37-38-40-42-44-46-48-50-52-54-59(62)64-57(55-60)56-63-58(61)53-51-49-47-45-43-41-39-18-16-14-12-10-8-6-4-2/h5,7,11-14,17-19,21-22,24-25,27-28,30-31,39,57,60H,3-4,6,8-10,15-16,20,23,26,29,32-38,40-56H2,1-2H3/b7-5-,13-11-,14-12-,19-17-,22-21-,25-24-,28-27-,31-30-,39-18-. The molecular formula is C59H98O5. The van der Waals surface area contributed by atoms with Crippen LogP contribution in [0.3, 0.4) is 0 Å². The quantitative estimate of drug-likeness (QED) is 0.0374. The summed E-state index contributed by atoms with van der Waals surface area (Å²) in [5, 5.41) is 9.62. The second kappa shape index (κ2) is 53.9. The average molecular weight is 887 g/mol. The van der Waals surface area contributed by atoms with Crippen LogP contribution in [0.25, 0.3) is 0 Å². The Kier molecular flexibility index (Phi) is 51.0. The lowest BCUT2D eigenvalue weighted by Crippen LogP contribution is -2.28. The van der Waals surface area contributed by atoms with Crippen molar-refractivity contribution < 1.29 is 24.2 Å². The zero-order chi connectivity index (χ0) is 46.3. The van der Waals surface area contributed by atoms with Gasteiger partial charge in [0.2, 0.25) is 0 Å². The molecule has 0 aliphatic carbocycles. The molecule has 0 aliphatic heterocycles. The molecule has 64 heavy (non-hydrogen) atoms. The van der Waals surface area contributed by atoms with E-state index in [1.54, 1.807) is 0 Å². The summed E-state index contributed by atoms with van der Waals surface area (Å²) >= 11 is 0. The van der Waals surface area contributed by atoms with Gasteiger partial charge < -0.3 is 14.6 Å². The first kappa shape index (κ1) is 60.6. The lowest BCUT2D eigenvalue weighted by molar-refractivity contribution is -0.161. The number of carbonyl (C=O) groups is 2. The highest BCUT2D eigenvalue weighted by Gasteiger charge is 2.16. The second-order valence-electron chi connectivity index (χ2n) is 17.2. The van der Waals surface area contributed by atoms with Crippen LogP contribution in [-0.4, -0.2) is 36.4 Å². The first-order valence-corrected chi connectivity index (χ1v) is 26.4. The Balaban J connectivity index is 3.54. The topological polar surface area (TPSA) is 72.8 Å². The molecule has 0 spiro atoms. The van der Waals surface area contributed by atoms with Crippen LogP contribution in [-0.2, 0) is 19.1 Å². The van der Waals surface area contributed by atoms with Crippen molar-refractivity contribution in [3.8, 4) is 0 Å². The van der Waals surface area contributed by atoms with Crippen molar-refractivity contribution in [2.75, 3.05) is 13.2 Å². The van der Waals surface area contributed by atoms with Gasteiger partial charge in [0.05, 0.1) is 6.61 Å². The van der Waals surface area contributed by atoms with Gasteiger partial charge in [-0.05, 0) is 103 Å². The van der Waals surface area contributed by atoms with Crippen LogP contribution in [0.15, 0.2) is 109 Å². The fourth-order valence-electron chi connectivity index (χ4n) is 7.09. The van der Waals surface area contributed by atoms with Crippen molar-refractivity contribution in [2.45, 2.75) is 238 Å². The molecule has 0 radical (unpaired) electrons. The summed E-state index contributed by atoms with van der Waals surface area (Å²) in [5.74, 6) is -0.611. The molecule has 1 unspecified atom stereocenters. The van der Waals surface area contributed by atoms with E-state index in [-0.39, 0.29) is 25.2 Å². The molecule has 0 aromatic carbocycles. The highest BCUT2D eigenvalue weighted by Crippen LogP contribution is 2.15. The highest BCUT2D eigenvalue weighted by atomic mass is 16.6. The number of hydrogen-bond acceptors (Lipinski definition) is 5. The number of rotatable bonds is 47. The molecule has 0 fully saturated rings. The average Bonchev–Trinajstić information content (AvgIpc) is 3.30. The molecule has 0 aromatic heterocycles. The number of allylic oxidation sites excluding steroid dienone is 18. The third-order valence-electron chi connectivity index (χ3n) is 11.1. The highest BCUT2D eigenvalue weighted by molar-refractivity contribution is 5.70. The van der Waals surface area contributed by atoms with Crippen LogP contribution in [0.2, 0.25) is 0 Å². The lowest BCUT2D eigenvalue weighted by Gasteiger charge is -2.15. The maximum atomic E-state index is 12.3. The Bertz CT molecular complexity index is 1280. The van der Waals surface area contributed by atoms with E-state index in [0.29, 0.717) is 12.8 Å². The maximum Gasteiger partial charge on any atom is 0.306 e. The number of esters is 2. The van der Waals surface area contributed by atoms with Crippen molar-refractivity contribution in [1.29, 1.82) is 0 Å². The van der Waals surface area contributed by atoms with E-state index in [0.717, 1.165) is 96.3 Å². The third-order valence-corrected chi connectivity index (χ3v) is 11.1. The first-order chi connectivity index (χ1) is 31.6. The van der Waals surface area contributed by atoms with E-state index in [4.69, 9.17) is 9.47 Å². The zero-order valence-electron chi connectivity index (χ0n) is 41.5. The van der Waals surface area contributed by atoms with Crippen molar-refractivity contribution in [1.82, 2.24) is 0 Å². The molecule has 5 nitrogen and oxygen atoms in total. The van der Waals surface area contributed by atoms with Crippen LogP contribution < -0.4 is 0 Å². The zero-order valence-corrected chi connectivity index (χ0v) is 41.5. The molecule has 0 rings (SSSR count). The van der Waals surface area contributed by atoms with E-state index in [1.807, 2.05) is 0 Å². The van der Waals surface area contributed by atoms with Crippen molar-refractivity contribution in [3.05, 3.63) is 109 Å². The summed E-state index contributed by atoms with van der Waals surface area (Å²) in [6.45, 7) is 3.98. The van der Waals surface area contributed by atoms with Crippen molar-refractivity contribution in [3.63, 3.8) is 0 Å². The molecule has 0 aromatic rings. The monoisotopic (exact) mass is 887 g/mol. The van der Waals surface area contributed by atoms with Gasteiger partial charge in [-0.2, -0.15) is 0 Å². The molecular weight excluding hydrogens is 789 g/mol. The largest absolute Gasteiger partial charge is 0.462 e. The smallest absolute Gasteiger partial charge is 0.306 e. The normalized spacial score (nSPS) is 13.1. The van der Waals surface area contributed by atoms with Gasteiger partial charge in [-0.25, -0.2) is 0 Å². The van der Waals surface area contributed by atoms with Crippen LogP contribution >= 0.6 is 0 Å². The van der Waals surface area contributed by atoms with E-state index in [1.165, 1.54) is 109 Å². The van der Waals surface area contributed by atoms with Gasteiger partial charge in [0, 0.05) is 12.8 Å². The molecule has 0 amide bonds. The van der Waals surface area contributed by atoms with Gasteiger partial charge in [-0.3, -0.25) is 9.59 Å². The van der Waals surface area contributed by atoms with Gasteiger partial charge in [0.15, 0.2) is 6.10 Å². The van der Waals surface area contributed by atoms with Gasteiger partial charge in [0.25, 0.3) is 0 Å². The summed E-state index contributed by atoms with van der Waals surface area (Å²) in [6, 6.07) is 0. The number of aliphatic hydroxyl groups excluding tert-OH is 1. The van der Waals surface area contributed by atoms with Gasteiger partial charge in [-0.15, -0.1) is 0 Å². The summed E-state index contributed by atoms with van der Waals surface area (Å²) < 4.78 is 10.7. The minimum absolute atomic E-state index is 0.0776. The molecule has 1 N–H and O–H groups in total. The summed E-state index contributed by atoms with van der Waals surface area (Å²) in [6.07, 6.45) is 77.6. The van der Waals surface area contributed by atoms with Crippen LogP contribution in [0.4, 0.5) is 0 Å². The van der Waals surface area contributed by atoms with Crippen LogP contribution in [0.1, 0.15) is 232 Å². The Labute approximate surface area is 395 Å². The third kappa shape index (κ3) is 51.2. The maximum absolute atomic E-state index is 12.3. The fourth-order valence-corrected chi connectivity index (χ4v) is 7.09. The Hall–Kier alpha value is -3.44. The minimum Gasteiger partial charge on any atom is -0.462 e. The molecule has 0 heterocycles. The van der Waals surface area contributed by atoms with Gasteiger partial charge >= 0.3 is 11.9 Å². The van der Waals surface area contributed by atoms with Gasteiger partial charge in [-0.1, -0.05) is 226 Å². The summed E-state index contributed by atoms with van der Waals surface area (Å²) in [7, 11) is 0. The van der Waals surface area contributed by atoms with Crippen molar-refractivity contribution >= 4 is 11.9 Å². The molecule has 1 atom stereocenters. The number of unbranched alkanes of at least 4 members (excludes halogenated alkanes) is 21. The predicted octanol–water partition coefficient (Wildman–Crippen LogP) is 17.7. The van der Waals surface area contributed by atoms with Gasteiger partial charge in [0.1, 0.15) is 6.61 Å². The van der Waals surface area contributed by atoms with E-state index >= 15 is 0 Å². The Morgan fingerprint density at radius 1 is 0.375 bits per heavy atom. The Morgan fingerprint density at radius 2 is 0.672 bits per heavy atom. The predicted molar refractivity (Wildman–Crippen MR) is 279 cm³/mol.